The van der Waals surface area contributed by atoms with E-state index in [1.54, 1.807) is 0 Å². The van der Waals surface area contributed by atoms with E-state index in [2.05, 4.69) is 51.2 Å². The van der Waals surface area contributed by atoms with Gasteiger partial charge in [-0.3, -0.25) is 0 Å². The largest absolute Gasteiger partial charge is 0.306 e. The summed E-state index contributed by atoms with van der Waals surface area (Å²) in [5.74, 6) is 0. The highest BCUT2D eigenvalue weighted by molar-refractivity contribution is 7.12. The summed E-state index contributed by atoms with van der Waals surface area (Å²) in [5, 5.41) is 3.56. The summed E-state index contributed by atoms with van der Waals surface area (Å²) >= 11 is 1.88. The van der Waals surface area contributed by atoms with Crippen LogP contribution in [-0.2, 0) is 0 Å². The van der Waals surface area contributed by atoms with Crippen molar-refractivity contribution in [1.82, 2.24) is 5.32 Å². The molecular weight excluding hydrogens is 202 g/mol. The molecule has 1 nitrogen and oxygen atoms in total. The predicted molar refractivity (Wildman–Crippen MR) is 69.5 cm³/mol. The van der Waals surface area contributed by atoms with E-state index in [4.69, 9.17) is 0 Å². The first-order valence-corrected chi connectivity index (χ1v) is 6.40. The molecule has 0 aliphatic heterocycles. The highest BCUT2D eigenvalue weighted by atomic mass is 32.1. The summed E-state index contributed by atoms with van der Waals surface area (Å²) in [6.07, 6.45) is 3.48. The van der Waals surface area contributed by atoms with E-state index < -0.39 is 0 Å². The van der Waals surface area contributed by atoms with Crippen molar-refractivity contribution < 1.29 is 0 Å². The van der Waals surface area contributed by atoms with Crippen LogP contribution in [0.1, 0.15) is 43.0 Å². The Morgan fingerprint density at radius 3 is 2.67 bits per heavy atom. The molecule has 1 atom stereocenters. The predicted octanol–water partition coefficient (Wildman–Crippen LogP) is 4.06. The molecule has 1 unspecified atom stereocenters. The van der Waals surface area contributed by atoms with Crippen LogP contribution in [0.4, 0.5) is 0 Å². The molecule has 0 aliphatic rings. The van der Waals surface area contributed by atoms with Crippen LogP contribution in [0.2, 0.25) is 0 Å². The van der Waals surface area contributed by atoms with Gasteiger partial charge in [-0.15, -0.1) is 11.3 Å². The Balaban J connectivity index is 2.76. The van der Waals surface area contributed by atoms with Crippen molar-refractivity contribution in [2.75, 3.05) is 6.54 Å². The lowest BCUT2D eigenvalue weighted by molar-refractivity contribution is 0.617. The number of rotatable bonds is 5. The van der Waals surface area contributed by atoms with Crippen molar-refractivity contribution in [3.63, 3.8) is 0 Å². The molecular formula is C13H21NS. The first-order valence-electron chi connectivity index (χ1n) is 5.58. The van der Waals surface area contributed by atoms with E-state index in [0.29, 0.717) is 6.04 Å². The first kappa shape index (κ1) is 12.5. The zero-order chi connectivity index (χ0) is 11.3. The van der Waals surface area contributed by atoms with Gasteiger partial charge in [0.25, 0.3) is 0 Å². The third kappa shape index (κ3) is 4.18. The van der Waals surface area contributed by atoms with Crippen LogP contribution in [0.25, 0.3) is 0 Å². The number of nitrogens with one attached hydrogen (secondary N) is 1. The SMILES string of the molecule is CCCNC(C=C(C)C)c1ccc(C)s1. The van der Waals surface area contributed by atoms with Gasteiger partial charge in [-0.25, -0.2) is 0 Å². The molecule has 0 saturated heterocycles. The number of hydrogen-bond donors (Lipinski definition) is 1. The number of hydrogen-bond acceptors (Lipinski definition) is 2. The van der Waals surface area contributed by atoms with Crippen molar-refractivity contribution in [3.05, 3.63) is 33.5 Å². The molecule has 0 saturated carbocycles. The quantitative estimate of drug-likeness (QED) is 0.742. The highest BCUT2D eigenvalue weighted by Crippen LogP contribution is 2.24. The summed E-state index contributed by atoms with van der Waals surface area (Å²) in [6, 6.07) is 4.82. The molecule has 1 N–H and O–H groups in total. The van der Waals surface area contributed by atoms with Gasteiger partial charge < -0.3 is 5.32 Å². The summed E-state index contributed by atoms with van der Waals surface area (Å²) in [6.45, 7) is 9.74. The molecule has 0 aliphatic carbocycles. The van der Waals surface area contributed by atoms with Crippen LogP contribution in [0.5, 0.6) is 0 Å². The Labute approximate surface area is 97.2 Å². The zero-order valence-corrected chi connectivity index (χ0v) is 10.9. The van der Waals surface area contributed by atoms with Crippen molar-refractivity contribution in [1.29, 1.82) is 0 Å². The van der Waals surface area contributed by atoms with Gasteiger partial charge in [0.05, 0.1) is 6.04 Å². The summed E-state index contributed by atoms with van der Waals surface area (Å²) in [5.41, 5.74) is 1.37. The minimum Gasteiger partial charge on any atom is -0.306 e. The second-order valence-electron chi connectivity index (χ2n) is 4.12. The Hall–Kier alpha value is -0.600. The van der Waals surface area contributed by atoms with Crippen molar-refractivity contribution in [2.24, 2.45) is 0 Å². The van der Waals surface area contributed by atoms with Gasteiger partial charge in [0.15, 0.2) is 0 Å². The van der Waals surface area contributed by atoms with Gasteiger partial charge in [0, 0.05) is 9.75 Å². The zero-order valence-electron chi connectivity index (χ0n) is 10.1. The van der Waals surface area contributed by atoms with Crippen molar-refractivity contribution >= 4 is 11.3 Å². The lowest BCUT2D eigenvalue weighted by Crippen LogP contribution is -2.19. The average molecular weight is 223 g/mol. The fraction of sp³-hybridized carbons (Fsp3) is 0.538. The fourth-order valence-electron chi connectivity index (χ4n) is 1.50. The van der Waals surface area contributed by atoms with E-state index in [9.17, 15) is 0 Å². The molecule has 0 radical (unpaired) electrons. The van der Waals surface area contributed by atoms with E-state index in [1.165, 1.54) is 21.7 Å². The van der Waals surface area contributed by atoms with Crippen LogP contribution in [0.15, 0.2) is 23.8 Å². The Bertz CT molecular complexity index is 321. The molecule has 84 valence electrons. The lowest BCUT2D eigenvalue weighted by Gasteiger charge is -2.13. The number of aryl methyl sites for hydroxylation is 1. The minimum absolute atomic E-state index is 0.397. The van der Waals surface area contributed by atoms with E-state index in [0.717, 1.165) is 6.54 Å². The average Bonchev–Trinajstić information content (AvgIpc) is 2.58. The topological polar surface area (TPSA) is 12.0 Å². The van der Waals surface area contributed by atoms with Gasteiger partial charge in [0.2, 0.25) is 0 Å². The van der Waals surface area contributed by atoms with E-state index in [1.807, 2.05) is 11.3 Å². The summed E-state index contributed by atoms with van der Waals surface area (Å²) < 4.78 is 0. The Morgan fingerprint density at radius 2 is 2.20 bits per heavy atom. The van der Waals surface area contributed by atoms with Gasteiger partial charge in [0.1, 0.15) is 0 Å². The Morgan fingerprint density at radius 1 is 1.47 bits per heavy atom. The third-order valence-corrected chi connectivity index (χ3v) is 3.27. The molecule has 0 amide bonds. The van der Waals surface area contributed by atoms with Crippen LogP contribution >= 0.6 is 11.3 Å². The molecule has 0 aromatic carbocycles. The Kier molecular flexibility index (Phi) is 5.06. The molecule has 15 heavy (non-hydrogen) atoms. The standard InChI is InChI=1S/C13H21NS/c1-5-8-14-12(9-10(2)3)13-7-6-11(4)15-13/h6-7,9,12,14H,5,8H2,1-4H3. The van der Waals surface area contributed by atoms with Crippen molar-refractivity contribution in [2.45, 2.75) is 40.2 Å². The number of allylic oxidation sites excluding steroid dienone is 1. The van der Waals surface area contributed by atoms with E-state index in [-0.39, 0.29) is 0 Å². The van der Waals surface area contributed by atoms with Crippen molar-refractivity contribution in [3.8, 4) is 0 Å². The summed E-state index contributed by atoms with van der Waals surface area (Å²) in [4.78, 5) is 2.80. The van der Waals surface area contributed by atoms with Crippen LogP contribution < -0.4 is 5.32 Å². The molecule has 1 aromatic heterocycles. The molecule has 1 rings (SSSR count). The maximum absolute atomic E-state index is 3.56. The smallest absolute Gasteiger partial charge is 0.0603 e. The van der Waals surface area contributed by atoms with Crippen LogP contribution in [0.3, 0.4) is 0 Å². The van der Waals surface area contributed by atoms with Gasteiger partial charge in [-0.2, -0.15) is 0 Å². The molecule has 1 heterocycles. The maximum Gasteiger partial charge on any atom is 0.0603 e. The number of thiophene rings is 1. The van der Waals surface area contributed by atoms with Crippen LogP contribution in [-0.4, -0.2) is 6.54 Å². The van der Waals surface area contributed by atoms with Gasteiger partial charge >= 0.3 is 0 Å². The monoisotopic (exact) mass is 223 g/mol. The molecule has 0 bridgehead atoms. The summed E-state index contributed by atoms with van der Waals surface area (Å²) in [7, 11) is 0. The second-order valence-corrected chi connectivity index (χ2v) is 5.44. The highest BCUT2D eigenvalue weighted by Gasteiger charge is 2.09. The minimum atomic E-state index is 0.397. The molecule has 0 spiro atoms. The van der Waals surface area contributed by atoms with Crippen LogP contribution in [0, 0.1) is 6.92 Å². The normalized spacial score (nSPS) is 12.5. The maximum atomic E-state index is 3.56. The van der Waals surface area contributed by atoms with Gasteiger partial charge in [-0.05, 0) is 45.9 Å². The van der Waals surface area contributed by atoms with Gasteiger partial charge in [-0.1, -0.05) is 18.6 Å². The molecule has 2 heteroatoms. The third-order valence-electron chi connectivity index (χ3n) is 2.18. The molecule has 0 fully saturated rings. The van der Waals surface area contributed by atoms with E-state index >= 15 is 0 Å². The molecule has 1 aromatic rings. The lowest BCUT2D eigenvalue weighted by atomic mass is 10.1. The first-order chi connectivity index (χ1) is 7.13. The second kappa shape index (κ2) is 6.09. The fourth-order valence-corrected chi connectivity index (χ4v) is 2.42.